The summed E-state index contributed by atoms with van der Waals surface area (Å²) in [5.41, 5.74) is 2.04. The first-order chi connectivity index (χ1) is 11.6. The first-order valence-electron chi connectivity index (χ1n) is 8.21. The second-order valence-corrected chi connectivity index (χ2v) is 7.29. The van der Waals surface area contributed by atoms with Crippen LogP contribution in [0.5, 0.6) is 0 Å². The Kier molecular flexibility index (Phi) is 3.96. The Labute approximate surface area is 144 Å². The number of imidazole rings is 1. The predicted octanol–water partition coefficient (Wildman–Crippen LogP) is 1.77. The van der Waals surface area contributed by atoms with E-state index in [2.05, 4.69) is 4.57 Å². The van der Waals surface area contributed by atoms with E-state index < -0.39 is 0 Å². The van der Waals surface area contributed by atoms with Crippen molar-refractivity contribution in [2.24, 2.45) is 7.05 Å². The molecule has 0 saturated carbocycles. The molecule has 2 aliphatic heterocycles. The highest BCUT2D eigenvalue weighted by Crippen LogP contribution is 2.33. The summed E-state index contributed by atoms with van der Waals surface area (Å²) >= 11 is 1.57. The Hall–Kier alpha value is -2.02. The molecule has 2 fully saturated rings. The molecule has 1 aromatic carbocycles. The van der Waals surface area contributed by atoms with Gasteiger partial charge in [0.05, 0.1) is 28.7 Å². The van der Waals surface area contributed by atoms with Crippen LogP contribution < -0.4 is 0 Å². The summed E-state index contributed by atoms with van der Waals surface area (Å²) < 4.78 is 2.09. The Morgan fingerprint density at radius 2 is 2.21 bits per heavy atom. The van der Waals surface area contributed by atoms with Crippen LogP contribution in [0.1, 0.15) is 24.7 Å². The van der Waals surface area contributed by atoms with E-state index in [1.165, 1.54) is 0 Å². The van der Waals surface area contributed by atoms with E-state index in [4.69, 9.17) is 4.98 Å². The number of carbonyl (C=O) groups excluding carboxylic acids is 2. The Bertz CT molecular complexity index is 803. The maximum atomic E-state index is 12.7. The number of amides is 2. The van der Waals surface area contributed by atoms with Crippen LogP contribution in [0.2, 0.25) is 0 Å². The molecule has 0 bridgehead atoms. The summed E-state index contributed by atoms with van der Waals surface area (Å²) in [5.74, 6) is 2.13. The molecule has 0 N–H and O–H groups in total. The minimum atomic E-state index is 0.000239. The topological polar surface area (TPSA) is 58.4 Å². The minimum Gasteiger partial charge on any atom is -0.331 e. The second-order valence-electron chi connectivity index (χ2n) is 6.33. The molecule has 6 nitrogen and oxygen atoms in total. The van der Waals surface area contributed by atoms with Gasteiger partial charge in [0.1, 0.15) is 12.4 Å². The highest BCUT2D eigenvalue weighted by atomic mass is 32.2. The van der Waals surface area contributed by atoms with Crippen molar-refractivity contribution in [1.82, 2.24) is 19.4 Å². The number of carbonyl (C=O) groups is 2. The van der Waals surface area contributed by atoms with Crippen LogP contribution in [0.15, 0.2) is 24.3 Å². The highest BCUT2D eigenvalue weighted by Gasteiger charge is 2.35. The van der Waals surface area contributed by atoms with E-state index in [1.807, 2.05) is 36.2 Å². The van der Waals surface area contributed by atoms with Gasteiger partial charge in [0.2, 0.25) is 11.8 Å². The molecule has 2 saturated heterocycles. The summed E-state index contributed by atoms with van der Waals surface area (Å²) in [6, 6.07) is 8.03. The maximum absolute atomic E-state index is 12.7. The van der Waals surface area contributed by atoms with Crippen molar-refractivity contribution >= 4 is 34.6 Å². The fourth-order valence-corrected chi connectivity index (χ4v) is 4.49. The standard InChI is InChI=1S/C17H20N4O2S/c1-19-13-6-3-2-5-12(13)18-17(19)14-7-4-8-21(14)15(22)9-20-11-24-10-16(20)23/h2-3,5-6,14H,4,7-11H2,1H3/t14-/m0/s1. The first kappa shape index (κ1) is 15.5. The zero-order valence-electron chi connectivity index (χ0n) is 13.6. The lowest BCUT2D eigenvalue weighted by Crippen LogP contribution is -2.41. The van der Waals surface area contributed by atoms with Gasteiger partial charge in [-0.1, -0.05) is 12.1 Å². The van der Waals surface area contributed by atoms with Gasteiger partial charge in [0.25, 0.3) is 0 Å². The summed E-state index contributed by atoms with van der Waals surface area (Å²) in [4.78, 5) is 32.8. The molecule has 0 unspecified atom stereocenters. The molecule has 126 valence electrons. The third-order valence-corrected chi connectivity index (χ3v) is 5.79. The molecule has 2 aromatic rings. The van der Waals surface area contributed by atoms with E-state index in [9.17, 15) is 9.59 Å². The lowest BCUT2D eigenvalue weighted by atomic mass is 10.2. The molecule has 2 amide bonds. The van der Waals surface area contributed by atoms with Gasteiger partial charge in [0, 0.05) is 13.6 Å². The number of hydrogen-bond donors (Lipinski definition) is 0. The van der Waals surface area contributed by atoms with Crippen LogP contribution >= 0.6 is 11.8 Å². The van der Waals surface area contributed by atoms with Gasteiger partial charge < -0.3 is 14.4 Å². The van der Waals surface area contributed by atoms with Gasteiger partial charge in [0.15, 0.2) is 0 Å². The van der Waals surface area contributed by atoms with Crippen molar-refractivity contribution < 1.29 is 9.59 Å². The average molecular weight is 344 g/mol. The average Bonchev–Trinajstić information content (AvgIpc) is 3.28. The van der Waals surface area contributed by atoms with Gasteiger partial charge in [-0.2, -0.15) is 0 Å². The number of thioether (sulfide) groups is 1. The van der Waals surface area contributed by atoms with Crippen molar-refractivity contribution in [2.75, 3.05) is 24.7 Å². The van der Waals surface area contributed by atoms with Crippen LogP contribution in [0.3, 0.4) is 0 Å². The van der Waals surface area contributed by atoms with Gasteiger partial charge >= 0.3 is 0 Å². The summed E-state index contributed by atoms with van der Waals surface area (Å²) in [5, 5.41) is 0. The number of fused-ring (bicyclic) bond motifs is 1. The molecule has 24 heavy (non-hydrogen) atoms. The Morgan fingerprint density at radius 1 is 1.38 bits per heavy atom. The van der Waals surface area contributed by atoms with Crippen LogP contribution in [0.25, 0.3) is 11.0 Å². The molecule has 0 spiro atoms. The van der Waals surface area contributed by atoms with E-state index in [0.29, 0.717) is 11.6 Å². The number of likely N-dealkylation sites (tertiary alicyclic amines) is 1. The van der Waals surface area contributed by atoms with Gasteiger partial charge in [-0.15, -0.1) is 11.8 Å². The van der Waals surface area contributed by atoms with Gasteiger partial charge in [-0.3, -0.25) is 9.59 Å². The SMILES string of the molecule is Cn1c([C@@H]2CCCN2C(=O)CN2CSCC2=O)nc2ccccc21. The number of rotatable bonds is 3. The zero-order chi connectivity index (χ0) is 16.7. The molecule has 0 aliphatic carbocycles. The van der Waals surface area contributed by atoms with E-state index >= 15 is 0 Å². The number of aryl methyl sites for hydroxylation is 1. The van der Waals surface area contributed by atoms with Crippen molar-refractivity contribution in [3.8, 4) is 0 Å². The highest BCUT2D eigenvalue weighted by molar-refractivity contribution is 8.00. The van der Waals surface area contributed by atoms with Crippen molar-refractivity contribution in [1.29, 1.82) is 0 Å². The van der Waals surface area contributed by atoms with Crippen molar-refractivity contribution in [3.05, 3.63) is 30.1 Å². The lowest BCUT2D eigenvalue weighted by Gasteiger charge is -2.26. The Morgan fingerprint density at radius 3 is 2.96 bits per heavy atom. The van der Waals surface area contributed by atoms with Crippen LogP contribution in [-0.2, 0) is 16.6 Å². The summed E-state index contributed by atoms with van der Waals surface area (Å²) in [7, 11) is 2.01. The van der Waals surface area contributed by atoms with Crippen LogP contribution in [0.4, 0.5) is 0 Å². The fraction of sp³-hybridized carbons (Fsp3) is 0.471. The van der Waals surface area contributed by atoms with E-state index in [1.54, 1.807) is 16.7 Å². The monoisotopic (exact) mass is 344 g/mol. The van der Waals surface area contributed by atoms with Crippen LogP contribution in [0, 0.1) is 0 Å². The third kappa shape index (κ3) is 2.56. The molecule has 1 atom stereocenters. The van der Waals surface area contributed by atoms with Gasteiger partial charge in [-0.05, 0) is 25.0 Å². The summed E-state index contributed by atoms with van der Waals surface area (Å²) in [6.07, 6.45) is 1.90. The lowest BCUT2D eigenvalue weighted by molar-refractivity contribution is -0.138. The number of benzene rings is 1. The van der Waals surface area contributed by atoms with Crippen molar-refractivity contribution in [2.45, 2.75) is 18.9 Å². The molecule has 7 heteroatoms. The zero-order valence-corrected chi connectivity index (χ0v) is 14.5. The quantitative estimate of drug-likeness (QED) is 0.851. The smallest absolute Gasteiger partial charge is 0.242 e. The second kappa shape index (κ2) is 6.12. The molecule has 1 aromatic heterocycles. The minimum absolute atomic E-state index is 0.000239. The van der Waals surface area contributed by atoms with Gasteiger partial charge in [-0.25, -0.2) is 4.98 Å². The van der Waals surface area contributed by atoms with Crippen LogP contribution in [-0.4, -0.2) is 55.9 Å². The molecule has 3 heterocycles. The number of para-hydroxylation sites is 2. The maximum Gasteiger partial charge on any atom is 0.242 e. The molecule has 4 rings (SSSR count). The van der Waals surface area contributed by atoms with Crippen molar-refractivity contribution in [3.63, 3.8) is 0 Å². The largest absolute Gasteiger partial charge is 0.331 e. The normalized spacial score (nSPS) is 21.2. The number of nitrogens with zero attached hydrogens (tertiary/aromatic N) is 4. The Balaban J connectivity index is 1.58. The predicted molar refractivity (Wildman–Crippen MR) is 93.4 cm³/mol. The molecule has 0 radical (unpaired) electrons. The molecular weight excluding hydrogens is 324 g/mol. The number of hydrogen-bond acceptors (Lipinski definition) is 4. The summed E-state index contributed by atoms with van der Waals surface area (Å²) in [6.45, 7) is 0.925. The molecular formula is C17H20N4O2S. The fourth-order valence-electron chi connectivity index (χ4n) is 3.59. The van der Waals surface area contributed by atoms with E-state index in [0.717, 1.165) is 36.2 Å². The first-order valence-corrected chi connectivity index (χ1v) is 9.37. The number of aromatic nitrogens is 2. The third-order valence-electron chi connectivity index (χ3n) is 4.84. The van der Waals surface area contributed by atoms with E-state index in [-0.39, 0.29) is 24.4 Å². The molecule has 2 aliphatic rings.